The molecule has 0 unspecified atom stereocenters. The third-order valence-corrected chi connectivity index (χ3v) is 6.91. The van der Waals surface area contributed by atoms with Crippen molar-refractivity contribution in [3.8, 4) is 17.6 Å². The molecule has 0 aromatic heterocycles. The number of para-hydroxylation sites is 1. The molecular formula is C27H22N2O3S. The molecule has 0 N–H and O–H groups in total. The SMILES string of the molecule is Cc1ccc(CN(c2ccc(Oc3ccccc3)cc2)S(=O)(=O)c2ccc(C#N)cc2)cc1. The second-order valence-electron chi connectivity index (χ2n) is 7.54. The van der Waals surface area contributed by atoms with E-state index in [0.29, 0.717) is 22.7 Å². The van der Waals surface area contributed by atoms with E-state index >= 15 is 0 Å². The lowest BCUT2D eigenvalue weighted by Crippen LogP contribution is -2.30. The molecule has 0 spiro atoms. The van der Waals surface area contributed by atoms with Crippen molar-refractivity contribution in [1.82, 2.24) is 0 Å². The van der Waals surface area contributed by atoms with E-state index < -0.39 is 10.0 Å². The third kappa shape index (κ3) is 5.22. The Balaban J connectivity index is 1.68. The monoisotopic (exact) mass is 454 g/mol. The van der Waals surface area contributed by atoms with Crippen LogP contribution in [0.15, 0.2) is 108 Å². The molecule has 0 fully saturated rings. The van der Waals surface area contributed by atoms with Gasteiger partial charge in [-0.3, -0.25) is 4.31 Å². The fourth-order valence-electron chi connectivity index (χ4n) is 3.31. The first kappa shape index (κ1) is 22.1. The highest BCUT2D eigenvalue weighted by Crippen LogP contribution is 2.29. The van der Waals surface area contributed by atoms with Crippen molar-refractivity contribution < 1.29 is 13.2 Å². The average molecular weight is 455 g/mol. The first-order valence-corrected chi connectivity index (χ1v) is 11.8. The second-order valence-corrected chi connectivity index (χ2v) is 9.40. The van der Waals surface area contributed by atoms with Gasteiger partial charge >= 0.3 is 0 Å². The Morgan fingerprint density at radius 2 is 1.39 bits per heavy atom. The highest BCUT2D eigenvalue weighted by Gasteiger charge is 2.25. The smallest absolute Gasteiger partial charge is 0.264 e. The molecule has 33 heavy (non-hydrogen) atoms. The Kier molecular flexibility index (Phi) is 6.43. The number of anilines is 1. The summed E-state index contributed by atoms with van der Waals surface area (Å²) in [6.45, 7) is 2.15. The van der Waals surface area contributed by atoms with Gasteiger partial charge in [0.2, 0.25) is 0 Å². The van der Waals surface area contributed by atoms with Gasteiger partial charge in [-0.1, -0.05) is 48.0 Å². The van der Waals surface area contributed by atoms with Crippen LogP contribution < -0.4 is 9.04 Å². The Labute approximate surface area is 194 Å². The fraction of sp³-hybridized carbons (Fsp3) is 0.0741. The highest BCUT2D eigenvalue weighted by molar-refractivity contribution is 7.92. The quantitative estimate of drug-likeness (QED) is 0.341. The van der Waals surface area contributed by atoms with Gasteiger partial charge in [-0.05, 0) is 73.2 Å². The molecule has 0 bridgehead atoms. The minimum Gasteiger partial charge on any atom is -0.457 e. The van der Waals surface area contributed by atoms with Crippen LogP contribution in [0.3, 0.4) is 0 Å². The van der Waals surface area contributed by atoms with E-state index in [4.69, 9.17) is 10.00 Å². The van der Waals surface area contributed by atoms with Gasteiger partial charge in [-0.15, -0.1) is 0 Å². The van der Waals surface area contributed by atoms with Gasteiger partial charge in [0, 0.05) is 0 Å². The van der Waals surface area contributed by atoms with E-state index in [1.807, 2.05) is 67.6 Å². The third-order valence-electron chi connectivity index (χ3n) is 5.12. The number of nitrogens with zero attached hydrogens (tertiary/aromatic N) is 2. The molecule has 6 heteroatoms. The maximum atomic E-state index is 13.6. The zero-order chi connectivity index (χ0) is 23.3. The van der Waals surface area contributed by atoms with Gasteiger partial charge in [-0.2, -0.15) is 5.26 Å². The summed E-state index contributed by atoms with van der Waals surface area (Å²) in [6, 6.07) is 32.1. The zero-order valence-electron chi connectivity index (χ0n) is 18.0. The molecule has 164 valence electrons. The molecule has 0 amide bonds. The van der Waals surface area contributed by atoms with Crippen molar-refractivity contribution in [1.29, 1.82) is 5.26 Å². The van der Waals surface area contributed by atoms with Crippen molar-refractivity contribution >= 4 is 15.7 Å². The van der Waals surface area contributed by atoms with Crippen molar-refractivity contribution in [2.75, 3.05) is 4.31 Å². The maximum absolute atomic E-state index is 13.6. The molecule has 0 saturated carbocycles. The van der Waals surface area contributed by atoms with Crippen LogP contribution in [0.1, 0.15) is 16.7 Å². The number of rotatable bonds is 7. The van der Waals surface area contributed by atoms with Crippen LogP contribution in [0, 0.1) is 18.3 Å². The van der Waals surface area contributed by atoms with Crippen LogP contribution in [0.2, 0.25) is 0 Å². The summed E-state index contributed by atoms with van der Waals surface area (Å²) in [4.78, 5) is 0.123. The van der Waals surface area contributed by atoms with E-state index in [1.165, 1.54) is 28.6 Å². The van der Waals surface area contributed by atoms with Crippen molar-refractivity contribution in [3.05, 3.63) is 120 Å². The summed E-state index contributed by atoms with van der Waals surface area (Å²) in [7, 11) is -3.88. The van der Waals surface area contributed by atoms with E-state index in [1.54, 1.807) is 24.3 Å². The summed E-state index contributed by atoms with van der Waals surface area (Å²) in [5, 5.41) is 9.05. The molecule has 4 rings (SSSR count). The van der Waals surface area contributed by atoms with E-state index in [2.05, 4.69) is 0 Å². The summed E-state index contributed by atoms with van der Waals surface area (Å²) in [5.74, 6) is 1.31. The topological polar surface area (TPSA) is 70.4 Å². The highest BCUT2D eigenvalue weighted by atomic mass is 32.2. The van der Waals surface area contributed by atoms with E-state index in [9.17, 15) is 8.42 Å². The molecule has 4 aromatic carbocycles. The van der Waals surface area contributed by atoms with Crippen LogP contribution >= 0.6 is 0 Å². The van der Waals surface area contributed by atoms with Crippen LogP contribution in [0.25, 0.3) is 0 Å². The number of benzene rings is 4. The summed E-state index contributed by atoms with van der Waals surface area (Å²) in [5.41, 5.74) is 2.88. The predicted molar refractivity (Wildman–Crippen MR) is 129 cm³/mol. The maximum Gasteiger partial charge on any atom is 0.264 e. The Bertz CT molecular complexity index is 1360. The Hall–Kier alpha value is -4.08. The fourth-order valence-corrected chi connectivity index (χ4v) is 4.76. The van der Waals surface area contributed by atoms with Crippen LogP contribution in [0.5, 0.6) is 11.5 Å². The lowest BCUT2D eigenvalue weighted by atomic mass is 10.1. The molecule has 0 heterocycles. The lowest BCUT2D eigenvalue weighted by Gasteiger charge is -2.25. The van der Waals surface area contributed by atoms with Crippen molar-refractivity contribution in [2.45, 2.75) is 18.4 Å². The van der Waals surface area contributed by atoms with Crippen molar-refractivity contribution in [3.63, 3.8) is 0 Å². The standard InChI is InChI=1S/C27H22N2O3S/c1-21-7-9-23(10-8-21)20-29(33(30,31)27-17-11-22(19-28)12-18-27)24-13-15-26(16-14-24)32-25-5-3-2-4-6-25/h2-18H,20H2,1H3. The molecule has 0 aliphatic carbocycles. The van der Waals surface area contributed by atoms with Gasteiger partial charge in [-0.25, -0.2) is 8.42 Å². The first-order chi connectivity index (χ1) is 16.0. The van der Waals surface area contributed by atoms with Crippen LogP contribution in [-0.2, 0) is 16.6 Å². The van der Waals surface area contributed by atoms with Gasteiger partial charge in [0.1, 0.15) is 11.5 Å². The number of aryl methyl sites for hydroxylation is 1. The van der Waals surface area contributed by atoms with Crippen LogP contribution in [-0.4, -0.2) is 8.42 Å². The van der Waals surface area contributed by atoms with E-state index in [-0.39, 0.29) is 11.4 Å². The average Bonchev–Trinajstić information content (AvgIpc) is 2.85. The zero-order valence-corrected chi connectivity index (χ0v) is 18.9. The van der Waals surface area contributed by atoms with E-state index in [0.717, 1.165) is 11.1 Å². The molecule has 0 radical (unpaired) electrons. The summed E-state index contributed by atoms with van der Waals surface area (Å²) >= 11 is 0. The molecule has 4 aromatic rings. The largest absolute Gasteiger partial charge is 0.457 e. The normalized spacial score (nSPS) is 10.9. The minimum atomic E-state index is -3.88. The van der Waals surface area contributed by atoms with Gasteiger partial charge in [0.05, 0.1) is 28.8 Å². The number of hydrogen-bond acceptors (Lipinski definition) is 4. The number of ether oxygens (including phenoxy) is 1. The van der Waals surface area contributed by atoms with Gasteiger partial charge < -0.3 is 4.74 Å². The van der Waals surface area contributed by atoms with Crippen molar-refractivity contribution in [2.24, 2.45) is 0 Å². The summed E-state index contributed by atoms with van der Waals surface area (Å²) < 4.78 is 34.4. The molecule has 5 nitrogen and oxygen atoms in total. The molecule has 0 aliphatic rings. The first-order valence-electron chi connectivity index (χ1n) is 10.4. The predicted octanol–water partition coefficient (Wildman–Crippen LogP) is 6.05. The lowest BCUT2D eigenvalue weighted by molar-refractivity contribution is 0.482. The number of nitriles is 1. The molecule has 0 saturated heterocycles. The summed E-state index contributed by atoms with van der Waals surface area (Å²) in [6.07, 6.45) is 0. The molecule has 0 aliphatic heterocycles. The van der Waals surface area contributed by atoms with Gasteiger partial charge in [0.15, 0.2) is 0 Å². The van der Waals surface area contributed by atoms with Gasteiger partial charge in [0.25, 0.3) is 10.0 Å². The molecule has 0 atom stereocenters. The van der Waals surface area contributed by atoms with Crippen LogP contribution in [0.4, 0.5) is 5.69 Å². The number of hydrogen-bond donors (Lipinski definition) is 0. The Morgan fingerprint density at radius 3 is 2.00 bits per heavy atom. The molecular weight excluding hydrogens is 432 g/mol. The second kappa shape index (κ2) is 9.60. The number of sulfonamides is 1. The Morgan fingerprint density at radius 1 is 0.788 bits per heavy atom. The minimum absolute atomic E-state index is 0.123.